The first-order chi connectivity index (χ1) is 14.0. The molecule has 1 atom stereocenters. The van der Waals surface area contributed by atoms with Crippen molar-refractivity contribution in [1.29, 1.82) is 0 Å². The van der Waals surface area contributed by atoms with E-state index in [1.54, 1.807) is 6.33 Å². The van der Waals surface area contributed by atoms with E-state index in [2.05, 4.69) is 25.6 Å². The molecule has 154 valence electrons. The van der Waals surface area contributed by atoms with Gasteiger partial charge in [-0.15, -0.1) is 0 Å². The standard InChI is InChI=1S/C20H26N6O2S/c1-26-14-24-18-17(26)19(23-13-22-18)25-20(16-7-10-21-11-8-16)29(27,28)12-9-15-5-3-2-4-6-15/h2-6,13-14,16,20-21H,7-12H2,1H3,(H,22,23,25). The van der Waals surface area contributed by atoms with E-state index in [-0.39, 0.29) is 11.7 Å². The average molecular weight is 415 g/mol. The largest absolute Gasteiger partial charge is 0.352 e. The van der Waals surface area contributed by atoms with E-state index in [1.165, 1.54) is 6.33 Å². The van der Waals surface area contributed by atoms with Gasteiger partial charge < -0.3 is 15.2 Å². The Balaban J connectivity index is 1.63. The summed E-state index contributed by atoms with van der Waals surface area (Å²) in [4.78, 5) is 12.8. The van der Waals surface area contributed by atoms with E-state index >= 15 is 0 Å². The Labute approximate surface area is 170 Å². The summed E-state index contributed by atoms with van der Waals surface area (Å²) in [6.45, 7) is 1.64. The molecular formula is C20H26N6O2S. The van der Waals surface area contributed by atoms with E-state index in [0.29, 0.717) is 23.4 Å². The summed E-state index contributed by atoms with van der Waals surface area (Å²) >= 11 is 0. The number of nitrogens with one attached hydrogen (secondary N) is 2. The molecule has 1 aliphatic heterocycles. The number of sulfone groups is 1. The summed E-state index contributed by atoms with van der Waals surface area (Å²) in [5, 5.41) is 5.89. The van der Waals surface area contributed by atoms with Gasteiger partial charge in [-0.25, -0.2) is 23.4 Å². The zero-order valence-corrected chi connectivity index (χ0v) is 17.3. The topological polar surface area (TPSA) is 102 Å². The van der Waals surface area contributed by atoms with Crippen LogP contribution in [0.3, 0.4) is 0 Å². The van der Waals surface area contributed by atoms with Gasteiger partial charge in [0.15, 0.2) is 21.3 Å². The molecular weight excluding hydrogens is 388 g/mol. The van der Waals surface area contributed by atoms with Gasteiger partial charge in [-0.2, -0.15) is 0 Å². The first-order valence-electron chi connectivity index (χ1n) is 9.89. The molecule has 2 aromatic heterocycles. The lowest BCUT2D eigenvalue weighted by atomic mass is 9.98. The Morgan fingerprint density at radius 1 is 1.17 bits per heavy atom. The van der Waals surface area contributed by atoms with Crippen LogP contribution >= 0.6 is 0 Å². The molecule has 0 spiro atoms. The lowest BCUT2D eigenvalue weighted by molar-refractivity contribution is 0.367. The van der Waals surface area contributed by atoms with Gasteiger partial charge in [0.05, 0.1) is 12.1 Å². The highest BCUT2D eigenvalue weighted by Crippen LogP contribution is 2.27. The molecule has 1 aliphatic rings. The molecule has 1 aromatic carbocycles. The normalized spacial score (nSPS) is 16.7. The van der Waals surface area contributed by atoms with E-state index in [4.69, 9.17) is 0 Å². The average Bonchev–Trinajstić information content (AvgIpc) is 3.13. The number of piperidine rings is 1. The number of fused-ring (bicyclic) bond motifs is 1. The Morgan fingerprint density at radius 3 is 2.69 bits per heavy atom. The molecule has 0 saturated carbocycles. The highest BCUT2D eigenvalue weighted by Gasteiger charge is 2.35. The zero-order chi connectivity index (χ0) is 20.3. The van der Waals surface area contributed by atoms with Gasteiger partial charge >= 0.3 is 0 Å². The monoisotopic (exact) mass is 414 g/mol. The predicted molar refractivity (Wildman–Crippen MR) is 113 cm³/mol. The van der Waals surface area contributed by atoms with Crippen LogP contribution in [0.1, 0.15) is 18.4 Å². The Hall–Kier alpha value is -2.52. The third-order valence-corrected chi connectivity index (χ3v) is 7.55. The van der Waals surface area contributed by atoms with Crippen LogP contribution in [0, 0.1) is 5.92 Å². The summed E-state index contributed by atoms with van der Waals surface area (Å²) < 4.78 is 28.6. The summed E-state index contributed by atoms with van der Waals surface area (Å²) in [5.74, 6) is 0.634. The lowest BCUT2D eigenvalue weighted by Gasteiger charge is -2.31. The maximum absolute atomic E-state index is 13.4. The van der Waals surface area contributed by atoms with Crippen LogP contribution in [0.2, 0.25) is 0 Å². The number of aromatic nitrogens is 4. The Bertz CT molecular complexity index is 1060. The Morgan fingerprint density at radius 2 is 1.93 bits per heavy atom. The molecule has 8 nitrogen and oxygen atoms in total. The molecule has 9 heteroatoms. The van der Waals surface area contributed by atoms with Crippen molar-refractivity contribution in [3.8, 4) is 0 Å². The van der Waals surface area contributed by atoms with Crippen LogP contribution in [-0.2, 0) is 23.3 Å². The molecule has 3 heterocycles. The van der Waals surface area contributed by atoms with E-state index in [9.17, 15) is 8.42 Å². The van der Waals surface area contributed by atoms with Crippen molar-refractivity contribution in [2.24, 2.45) is 13.0 Å². The van der Waals surface area contributed by atoms with E-state index in [1.807, 2.05) is 41.9 Å². The summed E-state index contributed by atoms with van der Waals surface area (Å²) in [7, 11) is -1.56. The third kappa shape index (κ3) is 4.40. The number of anilines is 1. The fourth-order valence-corrected chi connectivity index (χ4v) is 5.83. The van der Waals surface area contributed by atoms with Crippen molar-refractivity contribution in [2.45, 2.75) is 24.6 Å². The second-order valence-corrected chi connectivity index (χ2v) is 9.75. The van der Waals surface area contributed by atoms with Gasteiger partial charge in [0.2, 0.25) is 0 Å². The molecule has 0 radical (unpaired) electrons. The van der Waals surface area contributed by atoms with Gasteiger partial charge in [-0.3, -0.25) is 0 Å². The number of nitrogens with zero attached hydrogens (tertiary/aromatic N) is 4. The molecule has 29 heavy (non-hydrogen) atoms. The lowest BCUT2D eigenvalue weighted by Crippen LogP contribution is -2.44. The zero-order valence-electron chi connectivity index (χ0n) is 16.5. The molecule has 1 unspecified atom stereocenters. The van der Waals surface area contributed by atoms with Gasteiger partial charge in [0.1, 0.15) is 17.2 Å². The van der Waals surface area contributed by atoms with Crippen molar-refractivity contribution in [1.82, 2.24) is 24.8 Å². The summed E-state index contributed by atoms with van der Waals surface area (Å²) in [5.41, 5.74) is 2.29. The minimum absolute atomic E-state index is 0.0234. The fraction of sp³-hybridized carbons (Fsp3) is 0.450. The highest BCUT2D eigenvalue weighted by molar-refractivity contribution is 7.92. The maximum Gasteiger partial charge on any atom is 0.182 e. The van der Waals surface area contributed by atoms with Crippen LogP contribution in [0.25, 0.3) is 11.2 Å². The maximum atomic E-state index is 13.4. The van der Waals surface area contributed by atoms with Gasteiger partial charge in [-0.1, -0.05) is 30.3 Å². The highest BCUT2D eigenvalue weighted by atomic mass is 32.2. The number of imidazole rings is 1. The van der Waals surface area contributed by atoms with Crippen LogP contribution in [0.5, 0.6) is 0 Å². The molecule has 1 saturated heterocycles. The van der Waals surface area contributed by atoms with Crippen molar-refractivity contribution >= 4 is 26.8 Å². The van der Waals surface area contributed by atoms with Crippen molar-refractivity contribution < 1.29 is 8.42 Å². The third-order valence-electron chi connectivity index (χ3n) is 5.50. The van der Waals surface area contributed by atoms with Crippen molar-refractivity contribution in [3.63, 3.8) is 0 Å². The molecule has 0 amide bonds. The number of rotatable bonds is 7. The number of hydrogen-bond donors (Lipinski definition) is 2. The predicted octanol–water partition coefficient (Wildman–Crippen LogP) is 1.76. The first-order valence-corrected chi connectivity index (χ1v) is 11.6. The molecule has 0 aliphatic carbocycles. The molecule has 3 aromatic rings. The number of hydrogen-bond acceptors (Lipinski definition) is 7. The summed E-state index contributed by atoms with van der Waals surface area (Å²) in [6, 6.07) is 9.73. The second-order valence-electron chi connectivity index (χ2n) is 7.50. The van der Waals surface area contributed by atoms with Crippen molar-refractivity contribution in [3.05, 3.63) is 48.5 Å². The minimum Gasteiger partial charge on any atom is -0.352 e. The smallest absolute Gasteiger partial charge is 0.182 e. The Kier molecular flexibility index (Phi) is 5.77. The number of aryl methyl sites for hydroxylation is 2. The van der Waals surface area contributed by atoms with Crippen molar-refractivity contribution in [2.75, 3.05) is 24.2 Å². The van der Waals surface area contributed by atoms with Crippen LogP contribution in [-0.4, -0.2) is 52.2 Å². The van der Waals surface area contributed by atoms with E-state index in [0.717, 1.165) is 31.5 Å². The molecule has 2 N–H and O–H groups in total. The fourth-order valence-electron chi connectivity index (χ4n) is 3.91. The quantitative estimate of drug-likeness (QED) is 0.607. The second kappa shape index (κ2) is 8.46. The van der Waals surface area contributed by atoms with Gasteiger partial charge in [-0.05, 0) is 43.8 Å². The number of benzene rings is 1. The molecule has 4 rings (SSSR count). The SMILES string of the molecule is Cn1cnc2ncnc(NC(C3CCNCC3)S(=O)(=O)CCc3ccccc3)c21. The van der Waals surface area contributed by atoms with E-state index < -0.39 is 15.2 Å². The first kappa shape index (κ1) is 19.8. The summed E-state index contributed by atoms with van der Waals surface area (Å²) in [6.07, 6.45) is 5.20. The van der Waals surface area contributed by atoms with Gasteiger partial charge in [0.25, 0.3) is 0 Å². The van der Waals surface area contributed by atoms with Crippen LogP contribution in [0.4, 0.5) is 5.82 Å². The molecule has 0 bridgehead atoms. The van der Waals surface area contributed by atoms with Crippen LogP contribution < -0.4 is 10.6 Å². The minimum atomic E-state index is -3.41. The molecule has 1 fully saturated rings. The van der Waals surface area contributed by atoms with Crippen LogP contribution in [0.15, 0.2) is 43.0 Å². The van der Waals surface area contributed by atoms with Gasteiger partial charge in [0, 0.05) is 7.05 Å².